The first-order valence-electron chi connectivity index (χ1n) is 5.68. The first-order chi connectivity index (χ1) is 9.35. The van der Waals surface area contributed by atoms with Gasteiger partial charge in [-0.2, -0.15) is 0 Å². The summed E-state index contributed by atoms with van der Waals surface area (Å²) in [5, 5.41) is 24.1. The van der Waals surface area contributed by atoms with Crippen LogP contribution in [0.3, 0.4) is 0 Å². The van der Waals surface area contributed by atoms with E-state index in [1.165, 1.54) is 12.1 Å². The molecule has 0 aliphatic carbocycles. The van der Waals surface area contributed by atoms with Crippen molar-refractivity contribution in [1.82, 2.24) is 10.6 Å². The lowest BCUT2D eigenvalue weighted by Gasteiger charge is -2.19. The minimum Gasteiger partial charge on any atom is -0.506 e. The zero-order valence-electron chi connectivity index (χ0n) is 10.6. The van der Waals surface area contributed by atoms with E-state index in [1.807, 2.05) is 0 Å². The molecule has 110 valence electrons. The fourth-order valence-electron chi connectivity index (χ4n) is 1.67. The lowest BCUT2D eigenvalue weighted by Crippen LogP contribution is -2.36. The maximum absolute atomic E-state index is 11.6. The number of likely N-dealkylation sites (N-methyl/N-ethyl adjacent to an activating group) is 1. The number of halogens is 2. The van der Waals surface area contributed by atoms with Gasteiger partial charge in [-0.15, -0.1) is 0 Å². The summed E-state index contributed by atoms with van der Waals surface area (Å²) in [7, 11) is 1.60. The number of benzene rings is 1. The standard InChI is InChI=1S/C12H14BrClN2O4/c1-15-5-10(17)16-9(4-11(18)19)7-2-6(13)3-8(14)12(7)20/h2-3,9,15,20H,4-5H2,1H3,(H,16,17)(H,18,19)/t9-/m0/s1. The Bertz CT molecular complexity index is 524. The Morgan fingerprint density at radius 2 is 2.10 bits per heavy atom. The van der Waals surface area contributed by atoms with Gasteiger partial charge in [0.15, 0.2) is 0 Å². The van der Waals surface area contributed by atoms with Crippen LogP contribution in [0.1, 0.15) is 18.0 Å². The number of hydrogen-bond acceptors (Lipinski definition) is 4. The number of carboxylic acid groups (broad SMARTS) is 1. The fourth-order valence-corrected chi connectivity index (χ4v) is 2.50. The second kappa shape index (κ2) is 7.47. The number of rotatable bonds is 6. The minimum atomic E-state index is -1.10. The predicted octanol–water partition coefficient (Wildman–Crippen LogP) is 1.66. The molecule has 0 saturated heterocycles. The topological polar surface area (TPSA) is 98.7 Å². The molecular weight excluding hydrogens is 351 g/mol. The molecule has 4 N–H and O–H groups in total. The largest absolute Gasteiger partial charge is 0.506 e. The van der Waals surface area contributed by atoms with Gasteiger partial charge in [0.2, 0.25) is 5.91 Å². The smallest absolute Gasteiger partial charge is 0.305 e. The number of carbonyl (C=O) groups is 2. The molecule has 1 aromatic rings. The SMILES string of the molecule is CNCC(=O)N[C@@H](CC(=O)O)c1cc(Br)cc(Cl)c1O. The number of carbonyl (C=O) groups excluding carboxylic acids is 1. The molecule has 0 unspecified atom stereocenters. The van der Waals surface area contributed by atoms with E-state index < -0.39 is 12.0 Å². The van der Waals surface area contributed by atoms with Gasteiger partial charge in [0.05, 0.1) is 24.0 Å². The Kier molecular flexibility index (Phi) is 6.25. The molecule has 0 aliphatic rings. The Labute approximate surface area is 129 Å². The maximum Gasteiger partial charge on any atom is 0.305 e. The maximum atomic E-state index is 11.6. The van der Waals surface area contributed by atoms with Crippen molar-refractivity contribution in [3.63, 3.8) is 0 Å². The number of aromatic hydroxyl groups is 1. The Morgan fingerprint density at radius 1 is 1.45 bits per heavy atom. The molecule has 1 atom stereocenters. The van der Waals surface area contributed by atoms with Crippen molar-refractivity contribution in [3.05, 3.63) is 27.2 Å². The minimum absolute atomic E-state index is 0.0403. The summed E-state index contributed by atoms with van der Waals surface area (Å²) in [5.74, 6) is -1.73. The molecule has 0 bridgehead atoms. The molecular formula is C12H14BrClN2O4. The first-order valence-corrected chi connectivity index (χ1v) is 6.86. The van der Waals surface area contributed by atoms with Crippen molar-refractivity contribution in [3.8, 4) is 5.75 Å². The van der Waals surface area contributed by atoms with E-state index in [4.69, 9.17) is 16.7 Å². The molecule has 0 radical (unpaired) electrons. The third-order valence-corrected chi connectivity index (χ3v) is 3.23. The van der Waals surface area contributed by atoms with E-state index in [0.29, 0.717) is 4.47 Å². The highest BCUT2D eigenvalue weighted by atomic mass is 79.9. The number of hydrogen-bond donors (Lipinski definition) is 4. The van der Waals surface area contributed by atoms with E-state index in [2.05, 4.69) is 26.6 Å². The number of carboxylic acids is 1. The van der Waals surface area contributed by atoms with Crippen molar-refractivity contribution < 1.29 is 19.8 Å². The van der Waals surface area contributed by atoms with Crippen LogP contribution >= 0.6 is 27.5 Å². The van der Waals surface area contributed by atoms with Crippen LogP contribution in [0, 0.1) is 0 Å². The van der Waals surface area contributed by atoms with Crippen molar-refractivity contribution in [1.29, 1.82) is 0 Å². The van der Waals surface area contributed by atoms with Gasteiger partial charge in [0.1, 0.15) is 5.75 Å². The van der Waals surface area contributed by atoms with E-state index >= 15 is 0 Å². The highest BCUT2D eigenvalue weighted by Crippen LogP contribution is 2.36. The second-order valence-electron chi connectivity index (χ2n) is 4.07. The zero-order chi connectivity index (χ0) is 15.3. The molecule has 20 heavy (non-hydrogen) atoms. The molecule has 0 fully saturated rings. The molecule has 0 heterocycles. The summed E-state index contributed by atoms with van der Waals surface area (Å²) in [4.78, 5) is 22.5. The quantitative estimate of drug-likeness (QED) is 0.614. The van der Waals surface area contributed by atoms with E-state index in [0.717, 1.165) is 0 Å². The van der Waals surface area contributed by atoms with Crippen LogP contribution in [-0.2, 0) is 9.59 Å². The Morgan fingerprint density at radius 3 is 2.65 bits per heavy atom. The normalized spacial score (nSPS) is 11.9. The van der Waals surface area contributed by atoms with Crippen molar-refractivity contribution >= 4 is 39.4 Å². The average molecular weight is 366 g/mol. The molecule has 0 spiro atoms. The number of nitrogens with one attached hydrogen (secondary N) is 2. The lowest BCUT2D eigenvalue weighted by atomic mass is 10.0. The van der Waals surface area contributed by atoms with Crippen molar-refractivity contribution in [2.75, 3.05) is 13.6 Å². The summed E-state index contributed by atoms with van der Waals surface area (Å²) in [6.45, 7) is 0.0403. The summed E-state index contributed by atoms with van der Waals surface area (Å²) in [6, 6.07) is 2.13. The van der Waals surface area contributed by atoms with Crippen LogP contribution < -0.4 is 10.6 Å². The first kappa shape index (κ1) is 16.7. The van der Waals surface area contributed by atoms with Gasteiger partial charge < -0.3 is 20.8 Å². The fraction of sp³-hybridized carbons (Fsp3) is 0.333. The van der Waals surface area contributed by atoms with E-state index in [-0.39, 0.29) is 35.2 Å². The molecule has 0 saturated carbocycles. The van der Waals surface area contributed by atoms with Gasteiger partial charge in [0.25, 0.3) is 0 Å². The molecule has 1 amide bonds. The Balaban J connectivity index is 3.10. The highest BCUT2D eigenvalue weighted by Gasteiger charge is 2.22. The van der Waals surface area contributed by atoms with Gasteiger partial charge in [-0.3, -0.25) is 9.59 Å². The monoisotopic (exact) mass is 364 g/mol. The number of amides is 1. The van der Waals surface area contributed by atoms with Crippen molar-refractivity contribution in [2.24, 2.45) is 0 Å². The van der Waals surface area contributed by atoms with Gasteiger partial charge in [-0.25, -0.2) is 0 Å². The third kappa shape index (κ3) is 4.66. The molecule has 0 aromatic heterocycles. The lowest BCUT2D eigenvalue weighted by molar-refractivity contribution is -0.137. The van der Waals surface area contributed by atoms with Crippen molar-refractivity contribution in [2.45, 2.75) is 12.5 Å². The number of phenolic OH excluding ortho intramolecular Hbond substituents is 1. The number of phenols is 1. The van der Waals surface area contributed by atoms with E-state index in [1.54, 1.807) is 7.05 Å². The van der Waals surface area contributed by atoms with Crippen LogP contribution in [0.25, 0.3) is 0 Å². The molecule has 1 rings (SSSR count). The molecule has 1 aromatic carbocycles. The Hall–Kier alpha value is -1.31. The molecule has 8 heteroatoms. The van der Waals surface area contributed by atoms with Gasteiger partial charge in [-0.05, 0) is 19.2 Å². The summed E-state index contributed by atoms with van der Waals surface area (Å²) < 4.78 is 0.577. The van der Waals surface area contributed by atoms with Gasteiger partial charge >= 0.3 is 5.97 Å². The summed E-state index contributed by atoms with van der Waals surface area (Å²) in [6.07, 6.45) is -0.365. The number of aliphatic carboxylic acids is 1. The van der Waals surface area contributed by atoms with Gasteiger partial charge in [0, 0.05) is 10.0 Å². The van der Waals surface area contributed by atoms with Gasteiger partial charge in [-0.1, -0.05) is 27.5 Å². The molecule has 6 nitrogen and oxygen atoms in total. The van der Waals surface area contributed by atoms with Crippen LogP contribution in [0.4, 0.5) is 0 Å². The third-order valence-electron chi connectivity index (χ3n) is 2.48. The second-order valence-corrected chi connectivity index (χ2v) is 5.40. The zero-order valence-corrected chi connectivity index (χ0v) is 13.0. The van der Waals surface area contributed by atoms with Crippen LogP contribution in [0.15, 0.2) is 16.6 Å². The van der Waals surface area contributed by atoms with Crippen LogP contribution in [0.5, 0.6) is 5.75 Å². The summed E-state index contributed by atoms with van der Waals surface area (Å²) >= 11 is 9.06. The van der Waals surface area contributed by atoms with Crippen LogP contribution in [-0.4, -0.2) is 35.7 Å². The summed E-state index contributed by atoms with van der Waals surface area (Å²) in [5.41, 5.74) is 0.247. The predicted molar refractivity (Wildman–Crippen MR) is 77.9 cm³/mol. The van der Waals surface area contributed by atoms with E-state index in [9.17, 15) is 14.7 Å². The average Bonchev–Trinajstić information content (AvgIpc) is 2.32. The highest BCUT2D eigenvalue weighted by molar-refractivity contribution is 9.10. The molecule has 0 aliphatic heterocycles. The van der Waals surface area contributed by atoms with Crippen LogP contribution in [0.2, 0.25) is 5.02 Å².